The topological polar surface area (TPSA) is 84.2 Å². The number of nitrogens with one attached hydrogen (secondary N) is 1. The number of carbonyl (C=O) groups excluding carboxylic acids is 1. The molecule has 0 aliphatic carbocycles. The Morgan fingerprint density at radius 2 is 1.93 bits per heavy atom. The van der Waals surface area contributed by atoms with E-state index in [0.717, 1.165) is 5.56 Å². The van der Waals surface area contributed by atoms with Gasteiger partial charge in [0.05, 0.1) is 5.92 Å². The summed E-state index contributed by atoms with van der Waals surface area (Å²) in [5, 5.41) is 7.58. The molecule has 4 rings (SSSR count). The van der Waals surface area contributed by atoms with Gasteiger partial charge < -0.3 is 14.7 Å². The summed E-state index contributed by atoms with van der Waals surface area (Å²) in [4.78, 5) is 22.8. The average molecular weight is 384 g/mol. The van der Waals surface area contributed by atoms with E-state index in [1.165, 1.54) is 0 Å². The zero-order valence-electron chi connectivity index (χ0n) is 14.7. The lowest BCUT2D eigenvalue weighted by Gasteiger charge is -2.16. The molecule has 7 nitrogen and oxygen atoms in total. The van der Waals surface area contributed by atoms with E-state index in [1.54, 1.807) is 41.6 Å². The predicted molar refractivity (Wildman–Crippen MR) is 101 cm³/mol. The van der Waals surface area contributed by atoms with Crippen molar-refractivity contribution in [2.45, 2.75) is 12.8 Å². The monoisotopic (exact) mass is 383 g/mol. The van der Waals surface area contributed by atoms with Crippen LogP contribution in [0.15, 0.2) is 53.3 Å². The molecule has 138 valence electrons. The van der Waals surface area contributed by atoms with Gasteiger partial charge in [-0.3, -0.25) is 4.98 Å². The minimum absolute atomic E-state index is 0.00375. The van der Waals surface area contributed by atoms with Gasteiger partial charge >= 0.3 is 6.03 Å². The zero-order chi connectivity index (χ0) is 18.8. The quantitative estimate of drug-likeness (QED) is 0.737. The van der Waals surface area contributed by atoms with Crippen LogP contribution >= 0.6 is 11.6 Å². The number of hydrogen-bond donors (Lipinski definition) is 1. The van der Waals surface area contributed by atoms with E-state index in [9.17, 15) is 4.79 Å². The largest absolute Gasteiger partial charge is 0.339 e. The van der Waals surface area contributed by atoms with Gasteiger partial charge in [-0.15, -0.1) is 0 Å². The molecule has 1 fully saturated rings. The highest BCUT2D eigenvalue weighted by Gasteiger charge is 2.37. The fraction of sp³-hybridized carbons (Fsp3) is 0.263. The molecule has 2 aromatic heterocycles. The van der Waals surface area contributed by atoms with Crippen molar-refractivity contribution in [2.75, 3.05) is 18.4 Å². The molecule has 1 aromatic carbocycles. The molecule has 8 heteroatoms. The third-order valence-electron chi connectivity index (χ3n) is 4.69. The van der Waals surface area contributed by atoms with Crippen LogP contribution in [0.2, 0.25) is 5.02 Å². The highest BCUT2D eigenvalue weighted by atomic mass is 35.5. The average Bonchev–Trinajstić information content (AvgIpc) is 3.31. The van der Waals surface area contributed by atoms with Crippen LogP contribution < -0.4 is 5.32 Å². The van der Waals surface area contributed by atoms with Crippen LogP contribution in [-0.2, 0) is 0 Å². The second kappa shape index (κ2) is 7.36. The number of carbonyl (C=O) groups is 1. The second-order valence-electron chi connectivity index (χ2n) is 6.62. The number of aromatic nitrogens is 3. The first kappa shape index (κ1) is 17.5. The Morgan fingerprint density at radius 3 is 2.67 bits per heavy atom. The number of nitrogens with zero attached hydrogens (tertiary/aromatic N) is 4. The first-order valence-electron chi connectivity index (χ1n) is 8.65. The number of urea groups is 1. The van der Waals surface area contributed by atoms with Crippen LogP contribution in [0.5, 0.6) is 0 Å². The van der Waals surface area contributed by atoms with Crippen molar-refractivity contribution in [3.63, 3.8) is 0 Å². The van der Waals surface area contributed by atoms with E-state index in [4.69, 9.17) is 16.1 Å². The van der Waals surface area contributed by atoms with E-state index in [1.807, 2.05) is 12.1 Å². The van der Waals surface area contributed by atoms with Crippen molar-refractivity contribution in [2.24, 2.45) is 5.92 Å². The Bertz CT molecular complexity index is 929. The highest BCUT2D eigenvalue weighted by molar-refractivity contribution is 6.30. The Kier molecular flexibility index (Phi) is 4.77. The fourth-order valence-electron chi connectivity index (χ4n) is 3.19. The third-order valence-corrected chi connectivity index (χ3v) is 4.94. The summed E-state index contributed by atoms with van der Waals surface area (Å²) < 4.78 is 5.48. The Balaban J connectivity index is 1.44. The summed E-state index contributed by atoms with van der Waals surface area (Å²) in [5.74, 6) is 1.30. The molecule has 1 N–H and O–H groups in total. The van der Waals surface area contributed by atoms with E-state index >= 15 is 0 Å². The Morgan fingerprint density at radius 1 is 1.19 bits per heavy atom. The van der Waals surface area contributed by atoms with Crippen LogP contribution in [0.25, 0.3) is 11.4 Å². The molecule has 1 aliphatic heterocycles. The molecule has 2 amide bonds. The van der Waals surface area contributed by atoms with Crippen LogP contribution in [0.3, 0.4) is 0 Å². The minimum Gasteiger partial charge on any atom is -0.339 e. The molecule has 0 unspecified atom stereocenters. The Labute approximate surface area is 161 Å². The lowest BCUT2D eigenvalue weighted by Crippen LogP contribution is -2.33. The maximum atomic E-state index is 12.6. The fourth-order valence-corrected chi connectivity index (χ4v) is 3.32. The molecular formula is C19H18ClN5O2. The molecule has 0 bridgehead atoms. The minimum atomic E-state index is -0.152. The van der Waals surface area contributed by atoms with Crippen LogP contribution in [0.1, 0.15) is 18.7 Å². The number of anilines is 1. The van der Waals surface area contributed by atoms with Crippen LogP contribution in [0.4, 0.5) is 10.5 Å². The number of amides is 2. The van der Waals surface area contributed by atoms with Gasteiger partial charge in [-0.2, -0.15) is 4.98 Å². The maximum Gasteiger partial charge on any atom is 0.321 e. The second-order valence-corrected chi connectivity index (χ2v) is 7.05. The van der Waals surface area contributed by atoms with Gasteiger partial charge in [0.2, 0.25) is 11.7 Å². The molecule has 3 aromatic rings. The van der Waals surface area contributed by atoms with Gasteiger partial charge in [0.25, 0.3) is 0 Å². The molecule has 1 saturated heterocycles. The van der Waals surface area contributed by atoms with Gasteiger partial charge in [0, 0.05) is 41.8 Å². The smallest absolute Gasteiger partial charge is 0.321 e. The lowest BCUT2D eigenvalue weighted by molar-refractivity contribution is 0.220. The zero-order valence-corrected chi connectivity index (χ0v) is 15.4. The van der Waals surface area contributed by atoms with E-state index in [-0.39, 0.29) is 17.9 Å². The molecule has 2 atom stereocenters. The van der Waals surface area contributed by atoms with Gasteiger partial charge in [-0.25, -0.2) is 4.79 Å². The summed E-state index contributed by atoms with van der Waals surface area (Å²) in [7, 11) is 0. The van der Waals surface area contributed by atoms with Gasteiger partial charge in [0.1, 0.15) is 0 Å². The lowest BCUT2D eigenvalue weighted by atomic mass is 9.98. The first-order chi connectivity index (χ1) is 13.1. The standard InChI is InChI=1S/C19H18ClN5O2/c1-12-10-25(19(26)22-15-4-2-14(20)3-5-15)11-16(12)18-23-17(24-27-18)13-6-8-21-9-7-13/h2-9,12,16H,10-11H2,1H3,(H,22,26)/t12-,16-/m0/s1. The molecular weight excluding hydrogens is 366 g/mol. The van der Waals surface area contributed by atoms with Gasteiger partial charge in [-0.05, 0) is 42.3 Å². The molecule has 27 heavy (non-hydrogen) atoms. The maximum absolute atomic E-state index is 12.6. The molecule has 0 saturated carbocycles. The molecule has 0 radical (unpaired) electrons. The van der Waals surface area contributed by atoms with E-state index in [2.05, 4.69) is 27.4 Å². The summed E-state index contributed by atoms with van der Waals surface area (Å²) >= 11 is 5.88. The van der Waals surface area contributed by atoms with E-state index < -0.39 is 0 Å². The van der Waals surface area contributed by atoms with Crippen molar-refractivity contribution in [1.82, 2.24) is 20.0 Å². The SMILES string of the molecule is C[C@H]1CN(C(=O)Nc2ccc(Cl)cc2)C[C@@H]1c1nc(-c2ccncc2)no1. The number of likely N-dealkylation sites (tertiary alicyclic amines) is 1. The molecule has 3 heterocycles. The van der Waals surface area contributed by atoms with Gasteiger partial charge in [-0.1, -0.05) is 23.7 Å². The number of rotatable bonds is 3. The summed E-state index contributed by atoms with van der Waals surface area (Å²) in [6, 6.07) is 10.5. The highest BCUT2D eigenvalue weighted by Crippen LogP contribution is 2.32. The van der Waals surface area contributed by atoms with Crippen LogP contribution in [0, 0.1) is 5.92 Å². The number of pyridine rings is 1. The predicted octanol–water partition coefficient (Wildman–Crippen LogP) is 4.05. The van der Waals surface area contributed by atoms with Crippen molar-refractivity contribution < 1.29 is 9.32 Å². The van der Waals surface area contributed by atoms with E-state index in [0.29, 0.717) is 35.5 Å². The molecule has 0 spiro atoms. The summed E-state index contributed by atoms with van der Waals surface area (Å²) in [6.07, 6.45) is 3.37. The normalized spacial score (nSPS) is 19.3. The van der Waals surface area contributed by atoms with Crippen molar-refractivity contribution >= 4 is 23.3 Å². The number of benzene rings is 1. The Hall–Kier alpha value is -2.93. The number of hydrogen-bond acceptors (Lipinski definition) is 5. The van der Waals surface area contributed by atoms with Gasteiger partial charge in [0.15, 0.2) is 0 Å². The summed E-state index contributed by atoms with van der Waals surface area (Å²) in [5.41, 5.74) is 1.56. The third kappa shape index (κ3) is 3.78. The van der Waals surface area contributed by atoms with Crippen molar-refractivity contribution in [3.8, 4) is 11.4 Å². The first-order valence-corrected chi connectivity index (χ1v) is 9.03. The molecule has 1 aliphatic rings. The number of halogens is 1. The van der Waals surface area contributed by atoms with Crippen LogP contribution in [-0.4, -0.2) is 39.1 Å². The summed E-state index contributed by atoms with van der Waals surface area (Å²) in [6.45, 7) is 3.23. The van der Waals surface area contributed by atoms with Crippen molar-refractivity contribution in [3.05, 3.63) is 59.7 Å². The van der Waals surface area contributed by atoms with Crippen molar-refractivity contribution in [1.29, 1.82) is 0 Å².